The van der Waals surface area contributed by atoms with Gasteiger partial charge in [0, 0.05) is 28.7 Å². The Morgan fingerprint density at radius 2 is 2.15 bits per heavy atom. The first kappa shape index (κ1) is 16.4. The number of carbonyl (C=O) groups is 1. The van der Waals surface area contributed by atoms with Gasteiger partial charge in [-0.25, -0.2) is 0 Å². The lowest BCUT2D eigenvalue weighted by atomic mass is 10.2. The van der Waals surface area contributed by atoms with E-state index in [9.17, 15) is 9.00 Å². The summed E-state index contributed by atoms with van der Waals surface area (Å²) in [6, 6.07) is 8.87. The first-order valence-corrected chi connectivity index (χ1v) is 8.19. The van der Waals surface area contributed by atoms with E-state index in [1.807, 2.05) is 6.07 Å². The van der Waals surface area contributed by atoms with Gasteiger partial charge in [0.15, 0.2) is 0 Å². The summed E-state index contributed by atoms with van der Waals surface area (Å²) in [7, 11) is -0.962. The van der Waals surface area contributed by atoms with E-state index in [0.29, 0.717) is 28.7 Å². The van der Waals surface area contributed by atoms with Crippen molar-refractivity contribution < 1.29 is 9.00 Å². The molecule has 1 rings (SSSR count). The van der Waals surface area contributed by atoms with Gasteiger partial charge in [0.25, 0.3) is 0 Å². The normalized spacial score (nSPS) is 13.2. The van der Waals surface area contributed by atoms with Gasteiger partial charge in [-0.05, 0) is 18.1 Å². The highest BCUT2D eigenvalue weighted by molar-refractivity contribution is 7.85. The molecule has 1 amide bonds. The number of hydrogen-bond donors (Lipinski definition) is 1. The third-order valence-electron chi connectivity index (χ3n) is 3.05. The zero-order valence-electron chi connectivity index (χ0n) is 11.9. The smallest absolute Gasteiger partial charge is 0.225 e. The Bertz CT molecular complexity index is 523. The Morgan fingerprint density at radius 1 is 1.45 bits per heavy atom. The van der Waals surface area contributed by atoms with Crippen molar-refractivity contribution in [3.05, 3.63) is 29.8 Å². The number of nitrogens with zero attached hydrogens (tertiary/aromatic N) is 1. The van der Waals surface area contributed by atoms with Crippen LogP contribution in [0.15, 0.2) is 24.3 Å². The summed E-state index contributed by atoms with van der Waals surface area (Å²) in [5.41, 5.74) is 0.939. The van der Waals surface area contributed by atoms with Crippen molar-refractivity contribution in [2.24, 2.45) is 5.92 Å². The number of amides is 1. The van der Waals surface area contributed by atoms with E-state index in [0.717, 1.165) is 6.42 Å². The SMILES string of the molecule is CCC(C)CS(=O)CCC(=O)Nc1ccccc1C#N. The molecule has 4 nitrogen and oxygen atoms in total. The van der Waals surface area contributed by atoms with Crippen LogP contribution in [0.25, 0.3) is 0 Å². The highest BCUT2D eigenvalue weighted by Crippen LogP contribution is 2.13. The first-order chi connectivity index (χ1) is 9.56. The van der Waals surface area contributed by atoms with Crippen molar-refractivity contribution in [1.82, 2.24) is 0 Å². The molecule has 0 saturated carbocycles. The maximum atomic E-state index is 11.8. The second kappa shape index (κ2) is 8.49. The summed E-state index contributed by atoms with van der Waals surface area (Å²) in [5.74, 6) is 1.21. The van der Waals surface area contributed by atoms with Crippen molar-refractivity contribution in [3.63, 3.8) is 0 Å². The van der Waals surface area contributed by atoms with Gasteiger partial charge in [-0.15, -0.1) is 0 Å². The molecule has 1 N–H and O–H groups in total. The molecule has 2 unspecified atom stereocenters. The fourth-order valence-electron chi connectivity index (χ4n) is 1.63. The van der Waals surface area contributed by atoms with Crippen LogP contribution in [0.1, 0.15) is 32.3 Å². The maximum absolute atomic E-state index is 11.8. The van der Waals surface area contributed by atoms with Gasteiger partial charge in [0.05, 0.1) is 11.3 Å². The lowest BCUT2D eigenvalue weighted by molar-refractivity contribution is -0.115. The molecule has 0 radical (unpaired) electrons. The molecule has 0 heterocycles. The van der Waals surface area contributed by atoms with Crippen LogP contribution in [0.4, 0.5) is 5.69 Å². The fraction of sp³-hybridized carbons (Fsp3) is 0.467. The van der Waals surface area contributed by atoms with E-state index in [1.165, 1.54) is 0 Å². The molecule has 5 heteroatoms. The number of benzene rings is 1. The monoisotopic (exact) mass is 292 g/mol. The molecule has 0 fully saturated rings. The van der Waals surface area contributed by atoms with E-state index >= 15 is 0 Å². The number of hydrogen-bond acceptors (Lipinski definition) is 3. The highest BCUT2D eigenvalue weighted by Gasteiger charge is 2.10. The minimum absolute atomic E-state index is 0.204. The molecular weight excluding hydrogens is 272 g/mol. The lowest BCUT2D eigenvalue weighted by Crippen LogP contribution is -2.18. The number of rotatable bonds is 7. The molecule has 0 aromatic heterocycles. The highest BCUT2D eigenvalue weighted by atomic mass is 32.2. The molecule has 0 saturated heterocycles. The van der Waals surface area contributed by atoms with Crippen molar-refractivity contribution >= 4 is 22.4 Å². The van der Waals surface area contributed by atoms with Crippen LogP contribution in [0, 0.1) is 17.2 Å². The third kappa shape index (κ3) is 5.54. The van der Waals surface area contributed by atoms with Gasteiger partial charge < -0.3 is 5.32 Å². The second-order valence-corrected chi connectivity index (χ2v) is 6.40. The number of carbonyl (C=O) groups excluding carboxylic acids is 1. The molecule has 0 aliphatic heterocycles. The molecular formula is C15H20N2O2S. The molecule has 1 aromatic carbocycles. The summed E-state index contributed by atoms with van der Waals surface area (Å²) in [5, 5.41) is 11.6. The van der Waals surface area contributed by atoms with Crippen LogP contribution in [0.3, 0.4) is 0 Å². The van der Waals surface area contributed by atoms with Gasteiger partial charge in [-0.1, -0.05) is 32.4 Å². The van der Waals surface area contributed by atoms with Crippen LogP contribution in [0.5, 0.6) is 0 Å². The summed E-state index contributed by atoms with van der Waals surface area (Å²) < 4.78 is 11.8. The van der Waals surface area contributed by atoms with E-state index in [4.69, 9.17) is 5.26 Å². The van der Waals surface area contributed by atoms with Crippen LogP contribution in [-0.2, 0) is 15.6 Å². The summed E-state index contributed by atoms with van der Waals surface area (Å²) >= 11 is 0. The minimum atomic E-state index is -0.962. The number of nitriles is 1. The van der Waals surface area contributed by atoms with Crippen LogP contribution >= 0.6 is 0 Å². The molecule has 0 aliphatic carbocycles. The van der Waals surface area contributed by atoms with Gasteiger partial charge >= 0.3 is 0 Å². The topological polar surface area (TPSA) is 70.0 Å². The second-order valence-electron chi connectivity index (χ2n) is 4.78. The lowest BCUT2D eigenvalue weighted by Gasteiger charge is -2.09. The van der Waals surface area contributed by atoms with E-state index in [1.54, 1.807) is 24.3 Å². The summed E-state index contributed by atoms with van der Waals surface area (Å²) in [6.07, 6.45) is 1.20. The Hall–Kier alpha value is -1.67. The predicted molar refractivity (Wildman–Crippen MR) is 81.7 cm³/mol. The zero-order valence-corrected chi connectivity index (χ0v) is 12.7. The average molecular weight is 292 g/mol. The van der Waals surface area contributed by atoms with Crippen molar-refractivity contribution in [1.29, 1.82) is 5.26 Å². The Balaban J connectivity index is 2.45. The molecule has 0 bridgehead atoms. The Morgan fingerprint density at radius 3 is 2.80 bits per heavy atom. The quantitative estimate of drug-likeness (QED) is 0.840. The predicted octanol–water partition coefficient (Wildman–Crippen LogP) is 2.68. The largest absolute Gasteiger partial charge is 0.325 e. The standard InChI is InChI=1S/C15H20N2O2S/c1-3-12(2)11-20(19)9-8-15(18)17-14-7-5-4-6-13(14)10-16/h4-7,12H,3,8-9,11H2,1-2H3,(H,17,18). The van der Waals surface area contributed by atoms with Crippen molar-refractivity contribution in [2.45, 2.75) is 26.7 Å². The van der Waals surface area contributed by atoms with Crippen LogP contribution in [-0.4, -0.2) is 21.6 Å². The van der Waals surface area contributed by atoms with E-state index < -0.39 is 10.8 Å². The maximum Gasteiger partial charge on any atom is 0.225 e. The van der Waals surface area contributed by atoms with Gasteiger partial charge in [-0.3, -0.25) is 9.00 Å². The molecule has 108 valence electrons. The Labute approximate surface area is 122 Å². The zero-order chi connectivity index (χ0) is 15.0. The fourth-order valence-corrected chi connectivity index (χ4v) is 3.08. The molecule has 2 atom stereocenters. The molecule has 20 heavy (non-hydrogen) atoms. The Kier molecular flexibility index (Phi) is 6.96. The van der Waals surface area contributed by atoms with Gasteiger partial charge in [0.1, 0.15) is 6.07 Å². The number of nitrogens with one attached hydrogen (secondary N) is 1. The van der Waals surface area contributed by atoms with Crippen molar-refractivity contribution in [3.8, 4) is 6.07 Å². The summed E-state index contributed by atoms with van der Waals surface area (Å²) in [4.78, 5) is 11.8. The first-order valence-electron chi connectivity index (χ1n) is 6.70. The van der Waals surface area contributed by atoms with E-state index in [2.05, 4.69) is 19.2 Å². The van der Waals surface area contributed by atoms with Gasteiger partial charge in [-0.2, -0.15) is 5.26 Å². The van der Waals surface area contributed by atoms with Crippen LogP contribution in [0.2, 0.25) is 0 Å². The number of anilines is 1. The average Bonchev–Trinajstić information content (AvgIpc) is 2.45. The third-order valence-corrected chi connectivity index (χ3v) is 4.65. The van der Waals surface area contributed by atoms with Crippen LogP contribution < -0.4 is 5.32 Å². The molecule has 0 aliphatic rings. The van der Waals surface area contributed by atoms with Crippen molar-refractivity contribution in [2.75, 3.05) is 16.8 Å². The number of para-hydroxylation sites is 1. The minimum Gasteiger partial charge on any atom is -0.325 e. The molecule has 1 aromatic rings. The molecule has 0 spiro atoms. The van der Waals surface area contributed by atoms with E-state index in [-0.39, 0.29) is 12.3 Å². The van der Waals surface area contributed by atoms with Gasteiger partial charge in [0.2, 0.25) is 5.91 Å². The summed E-state index contributed by atoms with van der Waals surface area (Å²) in [6.45, 7) is 4.12.